The van der Waals surface area contributed by atoms with Crippen molar-refractivity contribution < 1.29 is 14.2 Å². The van der Waals surface area contributed by atoms with Gasteiger partial charge in [-0.05, 0) is 36.1 Å². The number of hydrogen-bond donors (Lipinski definition) is 1. The highest BCUT2D eigenvalue weighted by Crippen LogP contribution is 2.24. The Balaban J connectivity index is 2.93. The SMILES string of the molecule is COCC(O)(Cc1ccc(F)cc1C)C(C)C. The van der Waals surface area contributed by atoms with Crippen LogP contribution in [0.5, 0.6) is 0 Å². The van der Waals surface area contributed by atoms with E-state index in [0.717, 1.165) is 11.1 Å². The summed E-state index contributed by atoms with van der Waals surface area (Å²) in [6.07, 6.45) is 0.477. The minimum atomic E-state index is -0.905. The van der Waals surface area contributed by atoms with E-state index in [4.69, 9.17) is 4.74 Å². The van der Waals surface area contributed by atoms with Crippen LogP contribution in [0.25, 0.3) is 0 Å². The molecule has 0 aliphatic heterocycles. The molecule has 96 valence electrons. The van der Waals surface area contributed by atoms with Crippen LogP contribution in [-0.2, 0) is 11.2 Å². The van der Waals surface area contributed by atoms with Crippen LogP contribution in [-0.4, -0.2) is 24.4 Å². The van der Waals surface area contributed by atoms with Crippen molar-refractivity contribution in [1.82, 2.24) is 0 Å². The van der Waals surface area contributed by atoms with Gasteiger partial charge in [-0.1, -0.05) is 19.9 Å². The molecule has 0 amide bonds. The smallest absolute Gasteiger partial charge is 0.123 e. The van der Waals surface area contributed by atoms with Crippen LogP contribution in [0.15, 0.2) is 18.2 Å². The van der Waals surface area contributed by atoms with E-state index >= 15 is 0 Å². The van der Waals surface area contributed by atoms with Crippen LogP contribution in [0.2, 0.25) is 0 Å². The number of aryl methyl sites for hydroxylation is 1. The van der Waals surface area contributed by atoms with Crippen LogP contribution < -0.4 is 0 Å². The van der Waals surface area contributed by atoms with Gasteiger partial charge >= 0.3 is 0 Å². The second-order valence-corrected chi connectivity index (χ2v) is 4.94. The third-order valence-electron chi connectivity index (χ3n) is 3.27. The number of benzene rings is 1. The van der Waals surface area contributed by atoms with Gasteiger partial charge in [-0.15, -0.1) is 0 Å². The summed E-state index contributed by atoms with van der Waals surface area (Å²) < 4.78 is 18.1. The van der Waals surface area contributed by atoms with Crippen molar-refractivity contribution in [3.63, 3.8) is 0 Å². The molecule has 2 nitrogen and oxygen atoms in total. The van der Waals surface area contributed by atoms with Crippen LogP contribution in [0, 0.1) is 18.7 Å². The zero-order valence-corrected chi connectivity index (χ0v) is 11.0. The second kappa shape index (κ2) is 5.61. The summed E-state index contributed by atoms with van der Waals surface area (Å²) >= 11 is 0. The lowest BCUT2D eigenvalue weighted by atomic mass is 9.84. The standard InChI is InChI=1S/C14H21FO2/c1-10(2)14(16,9-17-4)8-12-5-6-13(15)7-11(12)3/h5-7,10,16H,8-9H2,1-4H3. The Morgan fingerprint density at radius 1 is 1.41 bits per heavy atom. The van der Waals surface area contributed by atoms with E-state index in [1.54, 1.807) is 13.2 Å². The predicted molar refractivity (Wildman–Crippen MR) is 66.5 cm³/mol. The fourth-order valence-corrected chi connectivity index (χ4v) is 1.86. The molecule has 1 atom stereocenters. The molecular formula is C14H21FO2. The zero-order valence-electron chi connectivity index (χ0n) is 11.0. The van der Waals surface area contributed by atoms with Gasteiger partial charge in [-0.25, -0.2) is 4.39 Å². The molecule has 3 heteroatoms. The van der Waals surface area contributed by atoms with Gasteiger partial charge in [0.1, 0.15) is 5.82 Å². The highest BCUT2D eigenvalue weighted by Gasteiger charge is 2.31. The van der Waals surface area contributed by atoms with Gasteiger partial charge in [0.05, 0.1) is 12.2 Å². The fraction of sp³-hybridized carbons (Fsp3) is 0.571. The molecule has 0 heterocycles. The van der Waals surface area contributed by atoms with Crippen molar-refractivity contribution in [3.8, 4) is 0 Å². The summed E-state index contributed by atoms with van der Waals surface area (Å²) in [7, 11) is 1.57. The minimum absolute atomic E-state index is 0.0758. The zero-order chi connectivity index (χ0) is 13.1. The molecule has 0 aromatic heterocycles. The number of hydrogen-bond acceptors (Lipinski definition) is 2. The molecule has 1 rings (SSSR count). The number of rotatable bonds is 5. The molecule has 0 aliphatic rings. The van der Waals surface area contributed by atoms with Crippen molar-refractivity contribution in [2.45, 2.75) is 32.8 Å². The molecule has 0 fully saturated rings. The fourth-order valence-electron chi connectivity index (χ4n) is 1.86. The van der Waals surface area contributed by atoms with E-state index in [2.05, 4.69) is 0 Å². The topological polar surface area (TPSA) is 29.5 Å². The molecule has 1 aromatic rings. The summed E-state index contributed by atoms with van der Waals surface area (Å²) in [5.74, 6) is -0.169. The maximum atomic E-state index is 13.0. The Hall–Kier alpha value is -0.930. The number of methoxy groups -OCH3 is 1. The Morgan fingerprint density at radius 2 is 2.06 bits per heavy atom. The lowest BCUT2D eigenvalue weighted by Crippen LogP contribution is -2.42. The van der Waals surface area contributed by atoms with Gasteiger partial charge in [-0.2, -0.15) is 0 Å². The average molecular weight is 240 g/mol. The third-order valence-corrected chi connectivity index (χ3v) is 3.27. The van der Waals surface area contributed by atoms with E-state index in [1.165, 1.54) is 12.1 Å². The highest BCUT2D eigenvalue weighted by atomic mass is 19.1. The van der Waals surface area contributed by atoms with Gasteiger partial charge in [0.25, 0.3) is 0 Å². The molecule has 1 aromatic carbocycles. The van der Waals surface area contributed by atoms with Gasteiger partial charge in [0.2, 0.25) is 0 Å². The first kappa shape index (κ1) is 14.1. The van der Waals surface area contributed by atoms with E-state index in [9.17, 15) is 9.50 Å². The third kappa shape index (κ3) is 3.51. The average Bonchev–Trinajstić information content (AvgIpc) is 2.22. The van der Waals surface area contributed by atoms with Crippen LogP contribution >= 0.6 is 0 Å². The summed E-state index contributed by atoms with van der Waals surface area (Å²) in [4.78, 5) is 0. The lowest BCUT2D eigenvalue weighted by molar-refractivity contribution is -0.0638. The molecule has 1 unspecified atom stereocenters. The van der Waals surface area contributed by atoms with Crippen molar-refractivity contribution in [3.05, 3.63) is 35.1 Å². The first-order valence-electron chi connectivity index (χ1n) is 5.85. The Morgan fingerprint density at radius 3 is 2.53 bits per heavy atom. The van der Waals surface area contributed by atoms with Crippen LogP contribution in [0.1, 0.15) is 25.0 Å². The molecule has 0 saturated carbocycles. The van der Waals surface area contributed by atoms with Gasteiger partial charge in [0.15, 0.2) is 0 Å². The molecule has 0 saturated heterocycles. The first-order chi connectivity index (χ1) is 7.89. The Bertz CT molecular complexity index is 376. The molecule has 0 bridgehead atoms. The summed E-state index contributed by atoms with van der Waals surface area (Å²) in [6, 6.07) is 4.65. The highest BCUT2D eigenvalue weighted by molar-refractivity contribution is 5.28. The molecular weight excluding hydrogens is 219 g/mol. The van der Waals surface area contributed by atoms with Gasteiger partial charge in [-0.3, -0.25) is 0 Å². The van der Waals surface area contributed by atoms with Crippen molar-refractivity contribution in [2.24, 2.45) is 5.92 Å². The van der Waals surface area contributed by atoms with E-state index in [1.807, 2.05) is 20.8 Å². The van der Waals surface area contributed by atoms with Crippen LogP contribution in [0.3, 0.4) is 0 Å². The van der Waals surface area contributed by atoms with E-state index in [0.29, 0.717) is 6.42 Å². The maximum Gasteiger partial charge on any atom is 0.123 e. The van der Waals surface area contributed by atoms with Crippen molar-refractivity contribution in [2.75, 3.05) is 13.7 Å². The lowest BCUT2D eigenvalue weighted by Gasteiger charge is -2.32. The van der Waals surface area contributed by atoms with E-state index in [-0.39, 0.29) is 18.3 Å². The Labute approximate surface area is 102 Å². The summed E-state index contributed by atoms with van der Waals surface area (Å²) in [5.41, 5.74) is 0.914. The van der Waals surface area contributed by atoms with Crippen LogP contribution in [0.4, 0.5) is 4.39 Å². The Kier molecular flexibility index (Phi) is 4.66. The maximum absolute atomic E-state index is 13.0. The number of aliphatic hydroxyl groups is 1. The molecule has 0 radical (unpaired) electrons. The summed E-state index contributed by atoms with van der Waals surface area (Å²) in [5, 5.41) is 10.5. The van der Waals surface area contributed by atoms with Crippen molar-refractivity contribution >= 4 is 0 Å². The quantitative estimate of drug-likeness (QED) is 0.857. The number of halogens is 1. The minimum Gasteiger partial charge on any atom is -0.387 e. The van der Waals surface area contributed by atoms with Gasteiger partial charge < -0.3 is 9.84 Å². The van der Waals surface area contributed by atoms with Crippen molar-refractivity contribution in [1.29, 1.82) is 0 Å². The van der Waals surface area contributed by atoms with E-state index < -0.39 is 5.60 Å². The normalized spacial score (nSPS) is 15.0. The first-order valence-corrected chi connectivity index (χ1v) is 5.85. The largest absolute Gasteiger partial charge is 0.387 e. The molecule has 17 heavy (non-hydrogen) atoms. The van der Waals surface area contributed by atoms with Gasteiger partial charge in [0, 0.05) is 13.5 Å². The number of ether oxygens (including phenoxy) is 1. The summed E-state index contributed by atoms with van der Waals surface area (Å²) in [6.45, 7) is 6.04. The molecule has 0 aliphatic carbocycles. The predicted octanol–water partition coefficient (Wildman–Crippen LogP) is 2.71. The second-order valence-electron chi connectivity index (χ2n) is 4.94. The monoisotopic (exact) mass is 240 g/mol. The molecule has 0 spiro atoms. The molecule has 1 N–H and O–H groups in total.